The summed E-state index contributed by atoms with van der Waals surface area (Å²) in [5.41, 5.74) is 3.91. The molecule has 8 aromatic carbocycles. The van der Waals surface area contributed by atoms with E-state index in [1.54, 1.807) is 0 Å². The third kappa shape index (κ3) is 2.16. The van der Waals surface area contributed by atoms with Gasteiger partial charge < -0.3 is 0 Å². The van der Waals surface area contributed by atoms with Gasteiger partial charge in [0.05, 0.1) is 0 Å². The van der Waals surface area contributed by atoms with Gasteiger partial charge in [-0.25, -0.2) is 0 Å². The molecule has 0 saturated carbocycles. The fraction of sp³-hybridized carbons (Fsp3) is 0.0303. The van der Waals surface area contributed by atoms with Crippen molar-refractivity contribution in [3.8, 4) is 11.1 Å². The van der Waals surface area contributed by atoms with E-state index in [-0.39, 0.29) is 0 Å². The minimum atomic E-state index is 1.29. The number of hydrogen-bond acceptors (Lipinski definition) is 0. The van der Waals surface area contributed by atoms with E-state index < -0.39 is 0 Å². The zero-order chi connectivity index (χ0) is 21.7. The van der Waals surface area contributed by atoms with Crippen LogP contribution in [0.25, 0.3) is 75.8 Å². The molecule has 0 N–H and O–H groups in total. The molecule has 0 saturated heterocycles. The maximum absolute atomic E-state index is 2.47. The summed E-state index contributed by atoms with van der Waals surface area (Å²) in [5, 5.41) is 16.3. The molecule has 0 atom stereocenters. The molecule has 0 aliphatic carbocycles. The van der Waals surface area contributed by atoms with E-state index in [0.717, 1.165) is 0 Å². The van der Waals surface area contributed by atoms with Crippen molar-refractivity contribution < 1.29 is 0 Å². The van der Waals surface area contributed by atoms with Gasteiger partial charge in [0.2, 0.25) is 0 Å². The topological polar surface area (TPSA) is 0 Å². The maximum atomic E-state index is 2.47. The Balaban J connectivity index is 1.64. The van der Waals surface area contributed by atoms with Gasteiger partial charge in [-0.3, -0.25) is 0 Å². The van der Waals surface area contributed by atoms with Crippen molar-refractivity contribution >= 4 is 64.6 Å². The molecule has 0 bridgehead atoms. The van der Waals surface area contributed by atoms with Crippen LogP contribution in [0.2, 0.25) is 0 Å². The third-order valence-corrected chi connectivity index (χ3v) is 7.58. The van der Waals surface area contributed by atoms with Crippen LogP contribution in [-0.2, 0) is 0 Å². The first-order valence-corrected chi connectivity index (χ1v) is 11.6. The van der Waals surface area contributed by atoms with E-state index in [1.807, 2.05) is 0 Å². The van der Waals surface area contributed by atoms with Crippen molar-refractivity contribution in [3.63, 3.8) is 0 Å². The first-order valence-electron chi connectivity index (χ1n) is 11.6. The van der Waals surface area contributed by atoms with Crippen molar-refractivity contribution in [2.75, 3.05) is 0 Å². The summed E-state index contributed by atoms with van der Waals surface area (Å²) in [6.07, 6.45) is 0. The summed E-state index contributed by atoms with van der Waals surface area (Å²) in [4.78, 5) is 0. The molecule has 0 nitrogen and oxygen atoms in total. The van der Waals surface area contributed by atoms with Gasteiger partial charge in [-0.1, -0.05) is 96.6 Å². The van der Waals surface area contributed by atoms with Crippen LogP contribution < -0.4 is 0 Å². The lowest BCUT2D eigenvalue weighted by Crippen LogP contribution is -1.82. The molecule has 0 unspecified atom stereocenters. The Hall–Kier alpha value is -4.16. The third-order valence-electron chi connectivity index (χ3n) is 7.58. The average molecular weight is 417 g/mol. The molecule has 0 fully saturated rings. The molecule has 8 rings (SSSR count). The van der Waals surface area contributed by atoms with Crippen molar-refractivity contribution in [1.29, 1.82) is 0 Å². The normalized spacial score (nSPS) is 12.4. The molecule has 0 aromatic heterocycles. The van der Waals surface area contributed by atoms with E-state index in [2.05, 4.69) is 110 Å². The standard InChI is InChI=1S/C33H20/c1-19-6-2-10-22(16-19)23-15-14-21-9-5-13-26-29-17-27-24-11-3-7-20-8-4-12-25(31(20)24)28(27)18-30(29)33(23)32(21)26/h2-18H,1H3. The van der Waals surface area contributed by atoms with E-state index in [1.165, 1.54) is 81.3 Å². The molecular weight excluding hydrogens is 396 g/mol. The van der Waals surface area contributed by atoms with Gasteiger partial charge in [-0.2, -0.15) is 0 Å². The highest BCUT2D eigenvalue weighted by atomic mass is 14.2. The predicted octanol–water partition coefficient (Wildman–Crippen LogP) is 9.46. The van der Waals surface area contributed by atoms with Crippen LogP contribution >= 0.6 is 0 Å². The average Bonchev–Trinajstić information content (AvgIpc) is 3.34. The minimum absolute atomic E-state index is 1.29. The lowest BCUT2D eigenvalue weighted by atomic mass is 9.95. The Morgan fingerprint density at radius 3 is 1.67 bits per heavy atom. The van der Waals surface area contributed by atoms with E-state index in [0.29, 0.717) is 0 Å². The number of hydrogen-bond donors (Lipinski definition) is 0. The fourth-order valence-corrected chi connectivity index (χ4v) is 6.20. The van der Waals surface area contributed by atoms with E-state index in [9.17, 15) is 0 Å². The molecule has 0 spiro atoms. The Bertz CT molecular complexity index is 2020. The first kappa shape index (κ1) is 17.4. The molecular formula is C33H20. The van der Waals surface area contributed by atoms with Crippen molar-refractivity contribution in [1.82, 2.24) is 0 Å². The maximum Gasteiger partial charge on any atom is -0.00141 e. The predicted molar refractivity (Wildman–Crippen MR) is 144 cm³/mol. The molecule has 0 amide bonds. The van der Waals surface area contributed by atoms with Crippen LogP contribution in [0.5, 0.6) is 0 Å². The fourth-order valence-electron chi connectivity index (χ4n) is 6.20. The van der Waals surface area contributed by atoms with Gasteiger partial charge in [-0.15, -0.1) is 0 Å². The van der Waals surface area contributed by atoms with Gasteiger partial charge in [-0.05, 0) is 94.8 Å². The molecule has 0 heteroatoms. The number of rotatable bonds is 1. The molecule has 33 heavy (non-hydrogen) atoms. The van der Waals surface area contributed by atoms with Crippen LogP contribution in [-0.4, -0.2) is 0 Å². The minimum Gasteiger partial charge on any atom is -0.0614 e. The molecule has 0 aliphatic heterocycles. The van der Waals surface area contributed by atoms with Gasteiger partial charge in [0, 0.05) is 0 Å². The van der Waals surface area contributed by atoms with Crippen LogP contribution in [0.1, 0.15) is 5.56 Å². The van der Waals surface area contributed by atoms with E-state index >= 15 is 0 Å². The lowest BCUT2D eigenvalue weighted by molar-refractivity contribution is 1.47. The summed E-state index contributed by atoms with van der Waals surface area (Å²) >= 11 is 0. The van der Waals surface area contributed by atoms with Gasteiger partial charge >= 0.3 is 0 Å². The second-order valence-electron chi connectivity index (χ2n) is 9.41. The van der Waals surface area contributed by atoms with E-state index in [4.69, 9.17) is 0 Å². The van der Waals surface area contributed by atoms with Crippen LogP contribution in [0.4, 0.5) is 0 Å². The Morgan fingerprint density at radius 2 is 0.970 bits per heavy atom. The Morgan fingerprint density at radius 1 is 0.394 bits per heavy atom. The second-order valence-corrected chi connectivity index (χ2v) is 9.41. The summed E-state index contributed by atoms with van der Waals surface area (Å²) in [6.45, 7) is 2.17. The largest absolute Gasteiger partial charge is 0.0614 e. The van der Waals surface area contributed by atoms with Crippen LogP contribution in [0, 0.1) is 6.92 Å². The molecule has 0 aliphatic rings. The SMILES string of the molecule is Cc1cccc(-c2ccc3cccc4c5cc6c(cc5c2c34)c2cccc3cccc6c32)c1. The quantitative estimate of drug-likeness (QED) is 0.250. The lowest BCUT2D eigenvalue weighted by Gasteiger charge is -2.08. The molecule has 8 aromatic rings. The summed E-state index contributed by atoms with van der Waals surface area (Å²) in [7, 11) is 0. The smallest absolute Gasteiger partial charge is 0.00141 e. The number of benzene rings is 6. The highest BCUT2D eigenvalue weighted by molar-refractivity contribution is 6.38. The monoisotopic (exact) mass is 416 g/mol. The summed E-state index contributed by atoms with van der Waals surface area (Å²) in [6, 6.07) is 38.6. The Kier molecular flexibility index (Phi) is 3.16. The van der Waals surface area contributed by atoms with Gasteiger partial charge in [0.1, 0.15) is 0 Å². The molecule has 0 radical (unpaired) electrons. The molecule has 152 valence electrons. The summed E-state index contributed by atoms with van der Waals surface area (Å²) in [5.74, 6) is 0. The van der Waals surface area contributed by atoms with Crippen LogP contribution in [0.3, 0.4) is 0 Å². The van der Waals surface area contributed by atoms with Gasteiger partial charge in [0.15, 0.2) is 0 Å². The summed E-state index contributed by atoms with van der Waals surface area (Å²) < 4.78 is 0. The second kappa shape index (κ2) is 5.99. The van der Waals surface area contributed by atoms with Crippen molar-refractivity contribution in [2.45, 2.75) is 6.92 Å². The number of fused-ring (bicyclic) bond motifs is 6. The Labute approximate surface area is 191 Å². The number of aryl methyl sites for hydroxylation is 1. The van der Waals surface area contributed by atoms with Crippen molar-refractivity contribution in [2.24, 2.45) is 0 Å². The first-order chi connectivity index (χ1) is 16.3. The molecule has 0 heterocycles. The van der Waals surface area contributed by atoms with Crippen molar-refractivity contribution in [3.05, 3.63) is 109 Å². The van der Waals surface area contributed by atoms with Gasteiger partial charge in [0.25, 0.3) is 0 Å². The highest BCUT2D eigenvalue weighted by Gasteiger charge is 2.19. The zero-order valence-corrected chi connectivity index (χ0v) is 18.3. The zero-order valence-electron chi connectivity index (χ0n) is 18.3. The highest BCUT2D eigenvalue weighted by Crippen LogP contribution is 2.47. The van der Waals surface area contributed by atoms with Crippen LogP contribution in [0.15, 0.2) is 103 Å².